The Hall–Kier alpha value is -1.43. The maximum absolute atomic E-state index is 12.1. The Kier molecular flexibility index (Phi) is 7.97. The molecule has 0 unspecified atom stereocenters. The number of rotatable bonds is 9. The van der Waals surface area contributed by atoms with Crippen molar-refractivity contribution in [1.82, 2.24) is 4.90 Å². The highest BCUT2D eigenvalue weighted by Gasteiger charge is 2.17. The van der Waals surface area contributed by atoms with Gasteiger partial charge in [0.25, 0.3) is 0 Å². The molecule has 0 heterocycles. The maximum Gasteiger partial charge on any atom is 0.238 e. The Bertz CT molecular complexity index is 416. The van der Waals surface area contributed by atoms with Gasteiger partial charge < -0.3 is 16.2 Å². The Balaban J connectivity index is 2.59. The van der Waals surface area contributed by atoms with E-state index >= 15 is 0 Å². The van der Waals surface area contributed by atoms with E-state index in [1.165, 1.54) is 0 Å². The van der Waals surface area contributed by atoms with Crippen molar-refractivity contribution in [2.45, 2.75) is 39.3 Å². The van der Waals surface area contributed by atoms with Crippen molar-refractivity contribution < 1.29 is 9.90 Å². The van der Waals surface area contributed by atoms with Gasteiger partial charge in [-0.25, -0.2) is 0 Å². The van der Waals surface area contributed by atoms with Crippen LogP contribution >= 0.6 is 0 Å². The van der Waals surface area contributed by atoms with E-state index in [1.54, 1.807) is 0 Å². The van der Waals surface area contributed by atoms with Crippen LogP contribution in [-0.2, 0) is 11.3 Å². The zero-order valence-electron chi connectivity index (χ0n) is 13.0. The van der Waals surface area contributed by atoms with Crippen LogP contribution in [0.3, 0.4) is 0 Å². The molecule has 0 atom stereocenters. The van der Waals surface area contributed by atoms with Crippen molar-refractivity contribution in [2.75, 3.05) is 25.0 Å². The zero-order chi connectivity index (χ0) is 15.7. The minimum absolute atomic E-state index is 0.0594. The van der Waals surface area contributed by atoms with Gasteiger partial charge in [0.05, 0.1) is 13.2 Å². The number of benzene rings is 1. The maximum atomic E-state index is 12.1. The molecule has 0 spiro atoms. The second-order valence-corrected chi connectivity index (χ2v) is 5.11. The monoisotopic (exact) mass is 293 g/mol. The van der Waals surface area contributed by atoms with Gasteiger partial charge in [-0.15, -0.1) is 0 Å². The van der Waals surface area contributed by atoms with E-state index in [0.717, 1.165) is 24.1 Å². The van der Waals surface area contributed by atoms with Crippen LogP contribution in [0.4, 0.5) is 5.69 Å². The van der Waals surface area contributed by atoms with Crippen LogP contribution < -0.4 is 11.1 Å². The molecule has 1 aromatic carbocycles. The van der Waals surface area contributed by atoms with E-state index in [0.29, 0.717) is 25.7 Å². The molecule has 0 radical (unpaired) electrons. The van der Waals surface area contributed by atoms with Gasteiger partial charge in [0.1, 0.15) is 0 Å². The highest BCUT2D eigenvalue weighted by Crippen LogP contribution is 2.11. The molecule has 0 bridgehead atoms. The first kappa shape index (κ1) is 17.6. The van der Waals surface area contributed by atoms with E-state index < -0.39 is 0 Å². The molecule has 118 valence electrons. The molecular weight excluding hydrogens is 266 g/mol. The topological polar surface area (TPSA) is 78.6 Å². The van der Waals surface area contributed by atoms with E-state index in [4.69, 9.17) is 10.8 Å². The van der Waals surface area contributed by atoms with Crippen molar-refractivity contribution in [3.8, 4) is 0 Å². The molecule has 1 rings (SSSR count). The smallest absolute Gasteiger partial charge is 0.238 e. The third-order valence-corrected chi connectivity index (χ3v) is 3.67. The lowest BCUT2D eigenvalue weighted by Gasteiger charge is -2.29. The highest BCUT2D eigenvalue weighted by molar-refractivity contribution is 5.92. The summed E-state index contributed by atoms with van der Waals surface area (Å²) in [5.74, 6) is -0.0594. The van der Waals surface area contributed by atoms with Crippen LogP contribution in [0.15, 0.2) is 24.3 Å². The fraction of sp³-hybridized carbons (Fsp3) is 0.562. The third kappa shape index (κ3) is 5.83. The summed E-state index contributed by atoms with van der Waals surface area (Å²) < 4.78 is 0. The normalized spacial score (nSPS) is 11.1. The van der Waals surface area contributed by atoms with E-state index in [2.05, 4.69) is 19.2 Å². The number of amides is 1. The molecule has 5 heteroatoms. The Morgan fingerprint density at radius 1 is 1.29 bits per heavy atom. The average molecular weight is 293 g/mol. The number of anilines is 1. The fourth-order valence-electron chi connectivity index (χ4n) is 2.43. The summed E-state index contributed by atoms with van der Waals surface area (Å²) in [4.78, 5) is 14.2. The lowest BCUT2D eigenvalue weighted by atomic mass is 10.1. The molecule has 0 aliphatic carbocycles. The van der Waals surface area contributed by atoms with Gasteiger partial charge in [0.2, 0.25) is 5.91 Å². The van der Waals surface area contributed by atoms with Crippen LogP contribution in [0, 0.1) is 0 Å². The van der Waals surface area contributed by atoms with Crippen molar-refractivity contribution in [1.29, 1.82) is 0 Å². The summed E-state index contributed by atoms with van der Waals surface area (Å²) in [6.45, 7) is 5.57. The lowest BCUT2D eigenvalue weighted by molar-refractivity contribution is -0.118. The minimum Gasteiger partial charge on any atom is -0.395 e. The number of carbonyl (C=O) groups excluding carboxylic acids is 1. The first-order valence-corrected chi connectivity index (χ1v) is 7.58. The summed E-state index contributed by atoms with van der Waals surface area (Å²) in [6, 6.07) is 7.84. The molecule has 21 heavy (non-hydrogen) atoms. The summed E-state index contributed by atoms with van der Waals surface area (Å²) >= 11 is 0. The van der Waals surface area contributed by atoms with E-state index in [9.17, 15) is 4.79 Å². The summed E-state index contributed by atoms with van der Waals surface area (Å²) in [5, 5.41) is 12.0. The number of nitrogens with zero attached hydrogens (tertiary/aromatic N) is 1. The van der Waals surface area contributed by atoms with Crippen LogP contribution in [0.5, 0.6) is 0 Å². The molecule has 0 saturated carbocycles. The quantitative estimate of drug-likeness (QED) is 0.646. The summed E-state index contributed by atoms with van der Waals surface area (Å²) in [6.07, 6.45) is 1.93. The molecule has 0 aromatic heterocycles. The number of aliphatic hydroxyl groups excluding tert-OH is 1. The van der Waals surface area contributed by atoms with Crippen LogP contribution in [0.2, 0.25) is 0 Å². The Labute approximate surface area is 127 Å². The molecule has 0 aliphatic rings. The number of aliphatic hydroxyl groups is 1. The molecule has 1 aromatic rings. The van der Waals surface area contributed by atoms with Crippen LogP contribution in [0.1, 0.15) is 32.3 Å². The standard InChI is InChI=1S/C16H27N3O2/c1-3-15(4-2)19(9-10-20)12-16(21)18-14-7-5-13(11-17)6-8-14/h5-8,15,20H,3-4,9-12,17H2,1-2H3,(H,18,21). The Morgan fingerprint density at radius 2 is 1.90 bits per heavy atom. The minimum atomic E-state index is -0.0594. The molecule has 0 fully saturated rings. The van der Waals surface area contributed by atoms with Gasteiger partial charge in [-0.05, 0) is 30.5 Å². The van der Waals surface area contributed by atoms with Crippen molar-refractivity contribution in [3.05, 3.63) is 29.8 Å². The number of hydrogen-bond acceptors (Lipinski definition) is 4. The van der Waals surface area contributed by atoms with E-state index in [-0.39, 0.29) is 12.5 Å². The molecular formula is C16H27N3O2. The van der Waals surface area contributed by atoms with Crippen molar-refractivity contribution in [2.24, 2.45) is 5.73 Å². The molecule has 0 saturated heterocycles. The molecule has 4 N–H and O–H groups in total. The second-order valence-electron chi connectivity index (χ2n) is 5.11. The fourth-order valence-corrected chi connectivity index (χ4v) is 2.43. The van der Waals surface area contributed by atoms with Gasteiger partial charge >= 0.3 is 0 Å². The van der Waals surface area contributed by atoms with Gasteiger partial charge in [-0.3, -0.25) is 9.69 Å². The largest absolute Gasteiger partial charge is 0.395 e. The SMILES string of the molecule is CCC(CC)N(CCO)CC(=O)Nc1ccc(CN)cc1. The number of nitrogens with two attached hydrogens (primary N) is 1. The van der Waals surface area contributed by atoms with Gasteiger partial charge in [0.15, 0.2) is 0 Å². The molecule has 1 amide bonds. The van der Waals surface area contributed by atoms with Crippen molar-refractivity contribution >= 4 is 11.6 Å². The van der Waals surface area contributed by atoms with Gasteiger partial charge in [-0.1, -0.05) is 26.0 Å². The van der Waals surface area contributed by atoms with E-state index in [1.807, 2.05) is 29.2 Å². The van der Waals surface area contributed by atoms with Crippen LogP contribution in [0.25, 0.3) is 0 Å². The van der Waals surface area contributed by atoms with Gasteiger partial charge in [0, 0.05) is 24.8 Å². The average Bonchev–Trinajstić information content (AvgIpc) is 2.49. The summed E-state index contributed by atoms with van der Waals surface area (Å²) in [5.41, 5.74) is 7.35. The predicted octanol–water partition coefficient (Wildman–Crippen LogP) is 1.57. The Morgan fingerprint density at radius 3 is 2.38 bits per heavy atom. The predicted molar refractivity (Wildman–Crippen MR) is 86.0 cm³/mol. The second kappa shape index (κ2) is 9.50. The highest BCUT2D eigenvalue weighted by atomic mass is 16.3. The number of nitrogens with one attached hydrogen (secondary N) is 1. The first-order valence-electron chi connectivity index (χ1n) is 7.58. The number of hydrogen-bond donors (Lipinski definition) is 3. The molecule has 0 aliphatic heterocycles. The number of carbonyl (C=O) groups is 1. The van der Waals surface area contributed by atoms with Gasteiger partial charge in [-0.2, -0.15) is 0 Å². The summed E-state index contributed by atoms with van der Waals surface area (Å²) in [7, 11) is 0. The first-order chi connectivity index (χ1) is 10.1. The zero-order valence-corrected chi connectivity index (χ0v) is 13.0. The molecule has 5 nitrogen and oxygen atoms in total. The van der Waals surface area contributed by atoms with Crippen molar-refractivity contribution in [3.63, 3.8) is 0 Å². The lowest BCUT2D eigenvalue weighted by Crippen LogP contribution is -2.42. The third-order valence-electron chi connectivity index (χ3n) is 3.67. The van der Waals surface area contributed by atoms with Crippen LogP contribution in [-0.4, -0.2) is 41.7 Å².